The summed E-state index contributed by atoms with van der Waals surface area (Å²) in [6.07, 6.45) is 0.0623. The largest absolute Gasteiger partial charge is 0.497 e. The summed E-state index contributed by atoms with van der Waals surface area (Å²) in [4.78, 5) is 31.2. The lowest BCUT2D eigenvalue weighted by Crippen LogP contribution is -2.41. The summed E-state index contributed by atoms with van der Waals surface area (Å²) in [6.45, 7) is -0.0813. The van der Waals surface area contributed by atoms with Crippen LogP contribution in [0.4, 0.5) is 15.8 Å². The number of hydrogen-bond donors (Lipinski definition) is 1. The number of nitrogens with zero attached hydrogens (tertiary/aromatic N) is 2. The molecule has 7 heteroatoms. The van der Waals surface area contributed by atoms with Gasteiger partial charge in [0, 0.05) is 37.6 Å². The van der Waals surface area contributed by atoms with E-state index in [-0.39, 0.29) is 18.9 Å². The number of carbonyl (C=O) groups is 2. The molecular weight excluding hydrogens is 493 g/mol. The molecule has 4 rings (SSSR count). The van der Waals surface area contributed by atoms with Crippen LogP contribution in [0.5, 0.6) is 5.75 Å². The summed E-state index contributed by atoms with van der Waals surface area (Å²) in [7, 11) is 5.43. The first-order valence-electron chi connectivity index (χ1n) is 12.6. The van der Waals surface area contributed by atoms with E-state index in [0.29, 0.717) is 22.6 Å². The number of benzene rings is 4. The van der Waals surface area contributed by atoms with E-state index >= 15 is 0 Å². The van der Waals surface area contributed by atoms with Crippen molar-refractivity contribution >= 4 is 23.2 Å². The van der Waals surface area contributed by atoms with Crippen LogP contribution in [0.25, 0.3) is 0 Å². The van der Waals surface area contributed by atoms with E-state index in [4.69, 9.17) is 4.74 Å². The smallest absolute Gasteiger partial charge is 0.251 e. The zero-order valence-electron chi connectivity index (χ0n) is 22.3. The average Bonchev–Trinajstić information content (AvgIpc) is 2.95. The highest BCUT2D eigenvalue weighted by Crippen LogP contribution is 2.29. The van der Waals surface area contributed by atoms with E-state index in [1.807, 2.05) is 73.6 Å². The van der Waals surface area contributed by atoms with Gasteiger partial charge in [-0.3, -0.25) is 9.59 Å². The Labute approximate surface area is 228 Å². The van der Waals surface area contributed by atoms with Crippen molar-refractivity contribution in [3.05, 3.63) is 126 Å². The monoisotopic (exact) mass is 525 g/mol. The maximum Gasteiger partial charge on any atom is 0.251 e. The Kier molecular flexibility index (Phi) is 8.94. The van der Waals surface area contributed by atoms with Gasteiger partial charge in [-0.05, 0) is 53.6 Å². The highest BCUT2D eigenvalue weighted by Gasteiger charge is 2.32. The minimum absolute atomic E-state index is 0.0623. The van der Waals surface area contributed by atoms with Crippen molar-refractivity contribution in [2.75, 3.05) is 31.4 Å². The number of nitrogens with one attached hydrogen (secondary N) is 1. The van der Waals surface area contributed by atoms with Crippen LogP contribution in [0, 0.1) is 5.82 Å². The summed E-state index contributed by atoms with van der Waals surface area (Å²) in [6, 6.07) is 29.0. The number of hydrogen-bond acceptors (Lipinski definition) is 4. The average molecular weight is 526 g/mol. The number of ether oxygens (including phenoxy) is 1. The molecule has 0 saturated heterocycles. The topological polar surface area (TPSA) is 61.9 Å². The predicted octanol–water partition coefficient (Wildman–Crippen LogP) is 5.85. The van der Waals surface area contributed by atoms with Crippen LogP contribution in [0.2, 0.25) is 0 Å². The molecule has 39 heavy (non-hydrogen) atoms. The lowest BCUT2D eigenvalue weighted by molar-refractivity contribution is -0.139. The fourth-order valence-electron chi connectivity index (χ4n) is 4.32. The van der Waals surface area contributed by atoms with E-state index in [2.05, 4.69) is 5.32 Å². The fourth-order valence-corrected chi connectivity index (χ4v) is 4.32. The quantitative estimate of drug-likeness (QED) is 0.282. The molecule has 0 bridgehead atoms. The van der Waals surface area contributed by atoms with E-state index in [0.717, 1.165) is 11.3 Å². The number of anilines is 2. The Bertz CT molecular complexity index is 1390. The molecule has 0 radical (unpaired) electrons. The first-order valence-corrected chi connectivity index (χ1v) is 12.6. The Morgan fingerprint density at radius 2 is 1.49 bits per heavy atom. The Balaban J connectivity index is 1.74. The van der Waals surface area contributed by atoms with E-state index in [1.165, 1.54) is 11.0 Å². The molecule has 0 aliphatic heterocycles. The first-order chi connectivity index (χ1) is 18.9. The molecule has 0 saturated carbocycles. The van der Waals surface area contributed by atoms with Gasteiger partial charge >= 0.3 is 0 Å². The van der Waals surface area contributed by atoms with Gasteiger partial charge in [-0.25, -0.2) is 4.39 Å². The molecule has 1 atom stereocenters. The van der Waals surface area contributed by atoms with Crippen molar-refractivity contribution in [2.24, 2.45) is 0 Å². The van der Waals surface area contributed by atoms with Gasteiger partial charge in [-0.2, -0.15) is 0 Å². The van der Waals surface area contributed by atoms with Crippen LogP contribution in [-0.2, 0) is 22.6 Å². The zero-order valence-corrected chi connectivity index (χ0v) is 22.3. The molecular formula is C32H32FN3O3. The molecule has 0 unspecified atom stereocenters. The predicted molar refractivity (Wildman–Crippen MR) is 152 cm³/mol. The molecule has 0 heterocycles. The Hall–Kier alpha value is -4.65. The normalized spacial score (nSPS) is 11.4. The number of rotatable bonds is 10. The van der Waals surface area contributed by atoms with Gasteiger partial charge < -0.3 is 19.9 Å². The van der Waals surface area contributed by atoms with Crippen LogP contribution in [0.3, 0.4) is 0 Å². The number of methoxy groups -OCH3 is 1. The highest BCUT2D eigenvalue weighted by atomic mass is 19.1. The van der Waals surface area contributed by atoms with Crippen molar-refractivity contribution in [3.8, 4) is 5.75 Å². The van der Waals surface area contributed by atoms with Crippen molar-refractivity contribution < 1.29 is 18.7 Å². The van der Waals surface area contributed by atoms with Crippen LogP contribution in [0.1, 0.15) is 22.7 Å². The fraction of sp³-hybridized carbons (Fsp3) is 0.188. The molecule has 0 fully saturated rings. The van der Waals surface area contributed by atoms with Crippen molar-refractivity contribution in [1.29, 1.82) is 0 Å². The molecule has 0 aromatic heterocycles. The molecule has 200 valence electrons. The van der Waals surface area contributed by atoms with Crippen LogP contribution < -0.4 is 15.0 Å². The van der Waals surface area contributed by atoms with E-state index < -0.39 is 17.8 Å². The number of halogens is 1. The summed E-state index contributed by atoms with van der Waals surface area (Å²) >= 11 is 0. The van der Waals surface area contributed by atoms with Gasteiger partial charge in [0.2, 0.25) is 5.91 Å². The molecule has 4 aromatic rings. The van der Waals surface area contributed by atoms with Crippen LogP contribution in [0.15, 0.2) is 103 Å². The van der Waals surface area contributed by atoms with Crippen molar-refractivity contribution in [2.45, 2.75) is 19.0 Å². The molecule has 4 aromatic carbocycles. The molecule has 0 spiro atoms. The van der Waals surface area contributed by atoms with Crippen molar-refractivity contribution in [3.63, 3.8) is 0 Å². The number of carbonyl (C=O) groups excluding carboxylic acids is 2. The van der Waals surface area contributed by atoms with E-state index in [1.54, 1.807) is 49.6 Å². The summed E-state index contributed by atoms with van der Waals surface area (Å²) < 4.78 is 20.1. The number of amides is 2. The van der Waals surface area contributed by atoms with Crippen LogP contribution in [-0.4, -0.2) is 37.9 Å². The highest BCUT2D eigenvalue weighted by molar-refractivity contribution is 5.98. The summed E-state index contributed by atoms with van der Waals surface area (Å²) in [5.41, 5.74) is 3.27. The zero-order chi connectivity index (χ0) is 27.8. The first kappa shape index (κ1) is 27.4. The minimum Gasteiger partial charge on any atom is -0.497 e. The second-order valence-corrected chi connectivity index (χ2v) is 9.38. The lowest BCUT2D eigenvalue weighted by atomic mass is 10.0. The Morgan fingerprint density at radius 3 is 2.10 bits per heavy atom. The second-order valence-electron chi connectivity index (χ2n) is 9.38. The molecule has 1 N–H and O–H groups in total. The lowest BCUT2D eigenvalue weighted by Gasteiger charge is -2.32. The molecule has 0 aliphatic rings. The third-order valence-electron chi connectivity index (χ3n) is 6.46. The standard InChI is InChI=1S/C32H32FN3O3/c1-35(2)27-17-15-26(16-18-27)34-32(38)31(24-13-19-28(39-3)20-14-24)36(22-25-11-7-8-12-29(25)33)30(37)21-23-9-5-4-6-10-23/h4-20,31H,21-22H2,1-3H3,(H,34,38)/t31-/m0/s1. The molecule has 0 aliphatic carbocycles. The SMILES string of the molecule is COc1ccc([C@@H](C(=O)Nc2ccc(N(C)C)cc2)N(Cc2ccccc2F)C(=O)Cc2ccccc2)cc1. The van der Waals surface area contributed by atoms with E-state index in [9.17, 15) is 14.0 Å². The van der Waals surface area contributed by atoms with Gasteiger partial charge in [0.25, 0.3) is 5.91 Å². The third-order valence-corrected chi connectivity index (χ3v) is 6.46. The third kappa shape index (κ3) is 7.02. The minimum atomic E-state index is -1.03. The van der Waals surface area contributed by atoms with Gasteiger partial charge in [0.05, 0.1) is 13.5 Å². The van der Waals surface area contributed by atoms with Gasteiger partial charge in [-0.15, -0.1) is 0 Å². The maximum absolute atomic E-state index is 14.8. The maximum atomic E-state index is 14.8. The van der Waals surface area contributed by atoms with Gasteiger partial charge in [0.15, 0.2) is 0 Å². The van der Waals surface area contributed by atoms with Crippen molar-refractivity contribution in [1.82, 2.24) is 4.90 Å². The second kappa shape index (κ2) is 12.7. The molecule has 6 nitrogen and oxygen atoms in total. The molecule has 2 amide bonds. The van der Waals surface area contributed by atoms with Gasteiger partial charge in [0.1, 0.15) is 17.6 Å². The van der Waals surface area contributed by atoms with Gasteiger partial charge in [-0.1, -0.05) is 60.7 Å². The summed E-state index contributed by atoms with van der Waals surface area (Å²) in [5, 5.41) is 2.96. The Morgan fingerprint density at radius 1 is 0.846 bits per heavy atom. The van der Waals surface area contributed by atoms with Crippen LogP contribution >= 0.6 is 0 Å². The summed E-state index contributed by atoms with van der Waals surface area (Å²) in [5.74, 6) is -0.532.